The van der Waals surface area contributed by atoms with Crippen LogP contribution in [0.5, 0.6) is 0 Å². The van der Waals surface area contributed by atoms with E-state index < -0.39 is 0 Å². The summed E-state index contributed by atoms with van der Waals surface area (Å²) in [7, 11) is 0. The van der Waals surface area contributed by atoms with Crippen LogP contribution in [0.4, 0.5) is 0 Å². The van der Waals surface area contributed by atoms with Crippen LogP contribution in [0.2, 0.25) is 5.02 Å². The number of carbonyl (C=O) groups excluding carboxylic acids is 1. The lowest BCUT2D eigenvalue weighted by Crippen LogP contribution is -2.32. The number of hydrogen-bond donors (Lipinski definition) is 2. The van der Waals surface area contributed by atoms with Crippen molar-refractivity contribution in [3.8, 4) is 5.69 Å². The van der Waals surface area contributed by atoms with Gasteiger partial charge < -0.3 is 10.6 Å². The molecule has 0 fully saturated rings. The lowest BCUT2D eigenvalue weighted by molar-refractivity contribution is 0.0952. The molecule has 5 nitrogen and oxygen atoms in total. The van der Waals surface area contributed by atoms with E-state index >= 15 is 0 Å². The normalized spacial score (nSPS) is 11.0. The van der Waals surface area contributed by atoms with E-state index in [1.165, 1.54) is 0 Å². The monoisotopic (exact) mass is 348 g/mol. The minimum absolute atomic E-state index is 0.0859. The number of benzene rings is 1. The molecule has 1 heterocycles. The molecule has 1 aromatic carbocycles. The molecule has 24 heavy (non-hydrogen) atoms. The van der Waals surface area contributed by atoms with Gasteiger partial charge in [0.15, 0.2) is 0 Å². The molecule has 0 aliphatic rings. The van der Waals surface area contributed by atoms with Gasteiger partial charge in [0.1, 0.15) is 0 Å². The maximum atomic E-state index is 12.5. The van der Waals surface area contributed by atoms with Crippen LogP contribution in [0.1, 0.15) is 49.2 Å². The SMILES string of the molecule is CCCNCCNC(=O)c1cnn(-c2ccc(Cl)cc2)c1C(C)C. The van der Waals surface area contributed by atoms with Crippen molar-refractivity contribution in [3.63, 3.8) is 0 Å². The Morgan fingerprint density at radius 2 is 1.92 bits per heavy atom. The van der Waals surface area contributed by atoms with Gasteiger partial charge in [-0.3, -0.25) is 4.79 Å². The average molecular weight is 349 g/mol. The Bertz CT molecular complexity index is 664. The number of aromatic nitrogens is 2. The van der Waals surface area contributed by atoms with Gasteiger partial charge in [-0.15, -0.1) is 0 Å². The zero-order chi connectivity index (χ0) is 17.5. The Morgan fingerprint density at radius 1 is 1.21 bits per heavy atom. The van der Waals surface area contributed by atoms with Crippen LogP contribution in [-0.2, 0) is 0 Å². The molecule has 6 heteroatoms. The topological polar surface area (TPSA) is 58.9 Å². The van der Waals surface area contributed by atoms with Crippen LogP contribution in [0.3, 0.4) is 0 Å². The largest absolute Gasteiger partial charge is 0.351 e. The predicted octanol–water partition coefficient (Wildman–Crippen LogP) is 3.38. The highest BCUT2D eigenvalue weighted by atomic mass is 35.5. The fraction of sp³-hybridized carbons (Fsp3) is 0.444. The van der Waals surface area contributed by atoms with Crippen LogP contribution in [0.15, 0.2) is 30.5 Å². The van der Waals surface area contributed by atoms with Crippen molar-refractivity contribution >= 4 is 17.5 Å². The van der Waals surface area contributed by atoms with E-state index in [0.717, 1.165) is 30.9 Å². The Labute approximate surface area is 148 Å². The third-order valence-corrected chi connectivity index (χ3v) is 3.94. The summed E-state index contributed by atoms with van der Waals surface area (Å²) in [5, 5.41) is 11.3. The van der Waals surface area contributed by atoms with Gasteiger partial charge >= 0.3 is 0 Å². The maximum Gasteiger partial charge on any atom is 0.254 e. The Hall–Kier alpha value is -1.85. The lowest BCUT2D eigenvalue weighted by atomic mass is 10.1. The molecule has 0 unspecified atom stereocenters. The van der Waals surface area contributed by atoms with Crippen LogP contribution in [0.25, 0.3) is 5.69 Å². The molecule has 0 radical (unpaired) electrons. The lowest BCUT2D eigenvalue weighted by Gasteiger charge is -2.13. The highest BCUT2D eigenvalue weighted by Crippen LogP contribution is 2.23. The smallest absolute Gasteiger partial charge is 0.254 e. The minimum Gasteiger partial charge on any atom is -0.351 e. The zero-order valence-electron chi connectivity index (χ0n) is 14.5. The first kappa shape index (κ1) is 18.5. The third-order valence-electron chi connectivity index (χ3n) is 3.68. The Balaban J connectivity index is 2.16. The molecule has 0 aliphatic carbocycles. The second-order valence-electron chi connectivity index (χ2n) is 5.99. The number of rotatable bonds is 8. The van der Waals surface area contributed by atoms with E-state index in [4.69, 9.17) is 11.6 Å². The van der Waals surface area contributed by atoms with Crippen LogP contribution >= 0.6 is 11.6 Å². The van der Waals surface area contributed by atoms with Crippen molar-refractivity contribution in [2.45, 2.75) is 33.1 Å². The highest BCUT2D eigenvalue weighted by Gasteiger charge is 2.20. The maximum absolute atomic E-state index is 12.5. The summed E-state index contributed by atoms with van der Waals surface area (Å²) in [4.78, 5) is 12.5. The van der Waals surface area contributed by atoms with E-state index in [2.05, 4.69) is 36.5 Å². The molecule has 0 spiro atoms. The first-order chi connectivity index (χ1) is 11.5. The van der Waals surface area contributed by atoms with E-state index in [9.17, 15) is 4.79 Å². The van der Waals surface area contributed by atoms with E-state index in [1.54, 1.807) is 6.20 Å². The van der Waals surface area contributed by atoms with Gasteiger partial charge in [0.25, 0.3) is 5.91 Å². The fourth-order valence-electron chi connectivity index (χ4n) is 2.54. The summed E-state index contributed by atoms with van der Waals surface area (Å²) >= 11 is 5.95. The standard InChI is InChI=1S/C18H25ClN4O/c1-4-9-20-10-11-21-18(24)16-12-22-23(17(16)13(2)3)15-7-5-14(19)6-8-15/h5-8,12-13,20H,4,9-11H2,1-3H3,(H,21,24). The van der Waals surface area contributed by atoms with Crippen LogP contribution in [0, 0.1) is 0 Å². The molecule has 1 aromatic heterocycles. The molecule has 0 aliphatic heterocycles. The number of hydrogen-bond acceptors (Lipinski definition) is 3. The van der Waals surface area contributed by atoms with Crippen LogP contribution < -0.4 is 10.6 Å². The summed E-state index contributed by atoms with van der Waals surface area (Å²) < 4.78 is 1.81. The van der Waals surface area contributed by atoms with Crippen molar-refractivity contribution < 1.29 is 4.79 Å². The molecular weight excluding hydrogens is 324 g/mol. The first-order valence-electron chi connectivity index (χ1n) is 8.37. The van der Waals surface area contributed by atoms with E-state index in [0.29, 0.717) is 17.1 Å². The molecule has 0 saturated carbocycles. The molecular formula is C18H25ClN4O. The second-order valence-corrected chi connectivity index (χ2v) is 6.43. The fourth-order valence-corrected chi connectivity index (χ4v) is 2.66. The van der Waals surface area contributed by atoms with Crippen LogP contribution in [-0.4, -0.2) is 35.3 Å². The summed E-state index contributed by atoms with van der Waals surface area (Å²) in [6.07, 6.45) is 2.72. The number of amides is 1. The molecule has 0 bridgehead atoms. The third kappa shape index (κ3) is 4.58. The van der Waals surface area contributed by atoms with Crippen molar-refractivity contribution in [3.05, 3.63) is 46.7 Å². The van der Waals surface area contributed by atoms with Gasteiger partial charge in [0, 0.05) is 18.1 Å². The van der Waals surface area contributed by atoms with Crippen molar-refractivity contribution in [1.29, 1.82) is 0 Å². The van der Waals surface area contributed by atoms with Gasteiger partial charge in [0.2, 0.25) is 0 Å². The summed E-state index contributed by atoms with van der Waals surface area (Å²) in [5.74, 6) is 0.0827. The predicted molar refractivity (Wildman–Crippen MR) is 98.2 cm³/mol. The molecule has 1 amide bonds. The average Bonchev–Trinajstić information content (AvgIpc) is 3.00. The van der Waals surface area contributed by atoms with Gasteiger partial charge in [-0.25, -0.2) is 4.68 Å². The second kappa shape index (κ2) is 8.85. The summed E-state index contributed by atoms with van der Waals surface area (Å²) in [5.41, 5.74) is 2.42. The number of nitrogens with zero attached hydrogens (tertiary/aromatic N) is 2. The van der Waals surface area contributed by atoms with Gasteiger partial charge in [0.05, 0.1) is 23.1 Å². The summed E-state index contributed by atoms with van der Waals surface area (Å²) in [6, 6.07) is 7.44. The van der Waals surface area contributed by atoms with Crippen molar-refractivity contribution in [1.82, 2.24) is 20.4 Å². The van der Waals surface area contributed by atoms with Crippen molar-refractivity contribution in [2.24, 2.45) is 0 Å². The highest BCUT2D eigenvalue weighted by molar-refractivity contribution is 6.30. The van der Waals surface area contributed by atoms with Gasteiger partial charge in [-0.2, -0.15) is 5.10 Å². The van der Waals surface area contributed by atoms with E-state index in [-0.39, 0.29) is 11.8 Å². The number of nitrogens with one attached hydrogen (secondary N) is 2. The Morgan fingerprint density at radius 3 is 2.54 bits per heavy atom. The molecule has 2 N–H and O–H groups in total. The summed E-state index contributed by atoms with van der Waals surface area (Å²) in [6.45, 7) is 8.56. The van der Waals surface area contributed by atoms with Crippen molar-refractivity contribution in [2.75, 3.05) is 19.6 Å². The van der Waals surface area contributed by atoms with Gasteiger partial charge in [-0.05, 0) is 43.1 Å². The number of carbonyl (C=O) groups is 1. The molecule has 0 atom stereocenters. The first-order valence-corrected chi connectivity index (χ1v) is 8.75. The zero-order valence-corrected chi connectivity index (χ0v) is 15.2. The van der Waals surface area contributed by atoms with E-state index in [1.807, 2.05) is 28.9 Å². The quantitative estimate of drug-likeness (QED) is 0.719. The minimum atomic E-state index is -0.0859. The molecule has 2 rings (SSSR count). The molecule has 2 aromatic rings. The van der Waals surface area contributed by atoms with Gasteiger partial charge in [-0.1, -0.05) is 32.4 Å². The molecule has 130 valence electrons. The Kier molecular flexibility index (Phi) is 6.82. The number of halogens is 1. The molecule has 0 saturated heterocycles.